The van der Waals surface area contributed by atoms with Crippen molar-refractivity contribution in [1.82, 2.24) is 0 Å². The van der Waals surface area contributed by atoms with Crippen molar-refractivity contribution in [2.75, 3.05) is 7.11 Å². The van der Waals surface area contributed by atoms with Crippen molar-refractivity contribution in [2.24, 2.45) is 0 Å². The minimum atomic E-state index is -1.29. The van der Waals surface area contributed by atoms with E-state index in [0.29, 0.717) is 4.90 Å². The number of rotatable bonds is 2. The molecule has 1 rings (SSSR count). The third-order valence-corrected chi connectivity index (χ3v) is 2.05. The molecule has 0 spiro atoms. The molecule has 1 atom stereocenters. The molecule has 14 heavy (non-hydrogen) atoms. The lowest BCUT2D eigenvalue weighted by Crippen LogP contribution is -1.91. The van der Waals surface area contributed by atoms with Gasteiger partial charge in [-0.1, -0.05) is 45.9 Å². The highest BCUT2D eigenvalue weighted by molar-refractivity contribution is 7.80. The van der Waals surface area contributed by atoms with E-state index in [0.717, 1.165) is 0 Å². The number of hydrogen-bond donors (Lipinski definition) is 0. The van der Waals surface area contributed by atoms with Crippen LogP contribution in [0.2, 0.25) is 0 Å². The van der Waals surface area contributed by atoms with Crippen LogP contribution in [-0.4, -0.2) is 11.3 Å². The van der Waals surface area contributed by atoms with Crippen LogP contribution in [0.15, 0.2) is 35.2 Å². The molecule has 82 valence electrons. The van der Waals surface area contributed by atoms with Gasteiger partial charge in [-0.2, -0.15) is 0 Å². The standard InChI is InChI=1S/C7H8O2S.2C2H6/c1-9-10(8)7-5-3-2-4-6-7;2*1-2/h2-6H,1H3;2*1-2H3. The Morgan fingerprint density at radius 2 is 1.43 bits per heavy atom. The summed E-state index contributed by atoms with van der Waals surface area (Å²) in [6.45, 7) is 8.00. The third-order valence-electron chi connectivity index (χ3n) is 1.09. The van der Waals surface area contributed by atoms with Crippen molar-refractivity contribution in [2.45, 2.75) is 32.6 Å². The molecule has 0 heterocycles. The molecule has 1 aromatic carbocycles. The van der Waals surface area contributed by atoms with Gasteiger partial charge in [0.05, 0.1) is 12.0 Å². The highest BCUT2D eigenvalue weighted by Crippen LogP contribution is 2.04. The molecule has 0 N–H and O–H groups in total. The third kappa shape index (κ3) is 6.80. The van der Waals surface area contributed by atoms with Crippen LogP contribution in [-0.2, 0) is 15.3 Å². The molecule has 0 aliphatic rings. The van der Waals surface area contributed by atoms with Crippen LogP contribution in [0.5, 0.6) is 0 Å². The Bertz CT molecular complexity index is 222. The van der Waals surface area contributed by atoms with Gasteiger partial charge < -0.3 is 0 Å². The first-order chi connectivity index (χ1) is 6.84. The monoisotopic (exact) mass is 216 g/mol. The Balaban J connectivity index is 0. The maximum Gasteiger partial charge on any atom is 0.188 e. The van der Waals surface area contributed by atoms with Gasteiger partial charge in [-0.25, -0.2) is 4.21 Å². The van der Waals surface area contributed by atoms with E-state index in [9.17, 15) is 4.21 Å². The van der Waals surface area contributed by atoms with E-state index in [1.165, 1.54) is 7.11 Å². The fraction of sp³-hybridized carbons (Fsp3) is 0.455. The number of hydrogen-bond acceptors (Lipinski definition) is 2. The van der Waals surface area contributed by atoms with Crippen molar-refractivity contribution in [3.05, 3.63) is 30.3 Å². The molecule has 0 amide bonds. The number of benzene rings is 1. The highest BCUT2D eigenvalue weighted by atomic mass is 32.2. The van der Waals surface area contributed by atoms with Gasteiger partial charge in [-0.05, 0) is 12.1 Å². The molecule has 0 aliphatic heterocycles. The molecular formula is C11H20O2S. The molecule has 0 saturated carbocycles. The first kappa shape index (κ1) is 15.8. The lowest BCUT2D eigenvalue weighted by molar-refractivity contribution is 0.446. The molecule has 0 saturated heterocycles. The summed E-state index contributed by atoms with van der Waals surface area (Å²) in [7, 11) is 1.42. The van der Waals surface area contributed by atoms with Gasteiger partial charge >= 0.3 is 0 Å². The Hall–Kier alpha value is -0.670. The molecule has 0 aromatic heterocycles. The van der Waals surface area contributed by atoms with Gasteiger partial charge in [-0.3, -0.25) is 4.18 Å². The Morgan fingerprint density at radius 3 is 1.79 bits per heavy atom. The molecule has 2 nitrogen and oxygen atoms in total. The van der Waals surface area contributed by atoms with Crippen LogP contribution in [0.3, 0.4) is 0 Å². The van der Waals surface area contributed by atoms with Gasteiger partial charge in [0, 0.05) is 0 Å². The molecule has 1 unspecified atom stereocenters. The summed E-state index contributed by atoms with van der Waals surface area (Å²) in [5.74, 6) is 0. The van der Waals surface area contributed by atoms with Crippen LogP contribution < -0.4 is 0 Å². The average molecular weight is 216 g/mol. The van der Waals surface area contributed by atoms with E-state index in [1.807, 2.05) is 45.9 Å². The molecule has 3 heteroatoms. The maximum absolute atomic E-state index is 10.9. The quantitative estimate of drug-likeness (QED) is 0.757. The maximum atomic E-state index is 10.9. The molecule has 0 fully saturated rings. The fourth-order valence-electron chi connectivity index (χ4n) is 0.628. The zero-order valence-electron chi connectivity index (χ0n) is 9.61. The van der Waals surface area contributed by atoms with E-state index < -0.39 is 11.1 Å². The van der Waals surface area contributed by atoms with Crippen LogP contribution in [0.4, 0.5) is 0 Å². The second-order valence-electron chi connectivity index (χ2n) is 1.71. The largest absolute Gasteiger partial charge is 0.290 e. The van der Waals surface area contributed by atoms with E-state index >= 15 is 0 Å². The lowest BCUT2D eigenvalue weighted by Gasteiger charge is -1.95. The first-order valence-electron chi connectivity index (χ1n) is 4.86. The lowest BCUT2D eigenvalue weighted by atomic mass is 10.4. The first-order valence-corrected chi connectivity index (χ1v) is 5.93. The summed E-state index contributed by atoms with van der Waals surface area (Å²) in [4.78, 5) is 0.699. The van der Waals surface area contributed by atoms with Gasteiger partial charge in [0.2, 0.25) is 0 Å². The summed E-state index contributed by atoms with van der Waals surface area (Å²) in [5, 5.41) is 0. The summed E-state index contributed by atoms with van der Waals surface area (Å²) < 4.78 is 15.5. The Labute approximate surface area is 90.0 Å². The summed E-state index contributed by atoms with van der Waals surface area (Å²) in [6.07, 6.45) is 0. The minimum Gasteiger partial charge on any atom is -0.290 e. The van der Waals surface area contributed by atoms with Crippen molar-refractivity contribution >= 4 is 11.1 Å². The summed E-state index contributed by atoms with van der Waals surface area (Å²) >= 11 is -1.29. The van der Waals surface area contributed by atoms with Crippen molar-refractivity contribution in [3.8, 4) is 0 Å². The van der Waals surface area contributed by atoms with Crippen molar-refractivity contribution in [1.29, 1.82) is 0 Å². The predicted octanol–water partition coefficient (Wildman–Crippen LogP) is 3.41. The van der Waals surface area contributed by atoms with Crippen molar-refractivity contribution in [3.63, 3.8) is 0 Å². The topological polar surface area (TPSA) is 26.3 Å². The molecular weight excluding hydrogens is 196 g/mol. The predicted molar refractivity (Wildman–Crippen MR) is 62.6 cm³/mol. The van der Waals surface area contributed by atoms with Gasteiger partial charge in [0.15, 0.2) is 11.1 Å². The zero-order valence-corrected chi connectivity index (χ0v) is 10.4. The second kappa shape index (κ2) is 12.3. The van der Waals surface area contributed by atoms with Gasteiger partial charge in [0.25, 0.3) is 0 Å². The SMILES string of the molecule is CC.CC.COS(=O)c1ccccc1. The van der Waals surface area contributed by atoms with E-state index in [4.69, 9.17) is 0 Å². The highest BCUT2D eigenvalue weighted by Gasteiger charge is 1.97. The zero-order chi connectivity index (χ0) is 11.4. The molecule has 0 bridgehead atoms. The minimum absolute atomic E-state index is 0.699. The smallest absolute Gasteiger partial charge is 0.188 e. The Morgan fingerprint density at radius 1 is 1.00 bits per heavy atom. The van der Waals surface area contributed by atoms with Gasteiger partial charge in [0.1, 0.15) is 0 Å². The van der Waals surface area contributed by atoms with E-state index in [-0.39, 0.29) is 0 Å². The van der Waals surface area contributed by atoms with E-state index in [2.05, 4.69) is 4.18 Å². The average Bonchev–Trinajstić information content (AvgIpc) is 2.34. The van der Waals surface area contributed by atoms with Crippen LogP contribution in [0.25, 0.3) is 0 Å². The second-order valence-corrected chi connectivity index (χ2v) is 2.99. The summed E-state index contributed by atoms with van der Waals surface area (Å²) in [5.41, 5.74) is 0. The summed E-state index contributed by atoms with van der Waals surface area (Å²) in [6, 6.07) is 9.05. The normalized spacial score (nSPS) is 10.1. The molecule has 0 radical (unpaired) electrons. The van der Waals surface area contributed by atoms with Crippen LogP contribution in [0, 0.1) is 0 Å². The van der Waals surface area contributed by atoms with Crippen LogP contribution >= 0.6 is 0 Å². The fourth-order valence-corrected chi connectivity index (χ4v) is 1.20. The molecule has 1 aromatic rings. The van der Waals surface area contributed by atoms with Crippen molar-refractivity contribution < 1.29 is 8.39 Å². The van der Waals surface area contributed by atoms with Gasteiger partial charge in [-0.15, -0.1) is 0 Å². The van der Waals surface area contributed by atoms with Crippen LogP contribution in [0.1, 0.15) is 27.7 Å². The Kier molecular flexibility index (Phi) is 13.9. The van der Waals surface area contributed by atoms with E-state index in [1.54, 1.807) is 12.1 Å². The molecule has 0 aliphatic carbocycles.